The highest BCUT2D eigenvalue weighted by atomic mass is 35.5. The van der Waals surface area contributed by atoms with Gasteiger partial charge in [0.05, 0.1) is 16.3 Å². The molecule has 1 aliphatic heterocycles. The fraction of sp³-hybridized carbons (Fsp3) is 0.185. The lowest BCUT2D eigenvalue weighted by Gasteiger charge is -2.28. The first kappa shape index (κ1) is 24.8. The van der Waals surface area contributed by atoms with Gasteiger partial charge in [-0.3, -0.25) is 0 Å². The van der Waals surface area contributed by atoms with Gasteiger partial charge in [0, 0.05) is 34.8 Å². The van der Waals surface area contributed by atoms with Crippen LogP contribution in [0.2, 0.25) is 15.1 Å². The van der Waals surface area contributed by atoms with Crippen molar-refractivity contribution in [3.8, 4) is 34.0 Å². The molecule has 4 nitrogen and oxygen atoms in total. The highest BCUT2D eigenvalue weighted by Gasteiger charge is 2.24. The third-order valence-electron chi connectivity index (χ3n) is 5.93. The Hall–Kier alpha value is -2.93. The van der Waals surface area contributed by atoms with E-state index in [2.05, 4.69) is 4.90 Å². The van der Waals surface area contributed by atoms with E-state index in [1.54, 1.807) is 30.3 Å². The fourth-order valence-corrected chi connectivity index (χ4v) is 4.77. The molecule has 3 aromatic carbocycles. The van der Waals surface area contributed by atoms with Gasteiger partial charge in [-0.2, -0.15) is 4.98 Å². The van der Waals surface area contributed by atoms with E-state index in [1.807, 2.05) is 12.1 Å². The number of anilines is 1. The Bertz CT molecular complexity index is 1410. The normalized spacial score (nSPS) is 13.6. The standard InChI is InChI=1S/C27H20Cl3F2N3O/c28-17-6-4-16(5-7-17)24-25(20-10-8-18(29)14-21(20)30)33-27(35-12-2-1-3-13-35)34-26(24)36-19-9-11-22(31)23(32)15-19/h4-11,14-15H,1-3,12-13H2. The lowest BCUT2D eigenvalue weighted by atomic mass is 10.00. The van der Waals surface area contributed by atoms with Crippen LogP contribution in [0.15, 0.2) is 60.7 Å². The molecule has 1 fully saturated rings. The third kappa shape index (κ3) is 5.26. The van der Waals surface area contributed by atoms with Gasteiger partial charge in [-0.15, -0.1) is 0 Å². The Morgan fingerprint density at radius 1 is 0.750 bits per heavy atom. The van der Waals surface area contributed by atoms with E-state index in [0.717, 1.165) is 44.5 Å². The van der Waals surface area contributed by atoms with E-state index in [-0.39, 0.29) is 11.6 Å². The Morgan fingerprint density at radius 3 is 2.17 bits per heavy atom. The number of rotatable bonds is 5. The first-order valence-electron chi connectivity index (χ1n) is 11.4. The van der Waals surface area contributed by atoms with Crippen LogP contribution in [-0.2, 0) is 0 Å². The molecule has 0 bridgehead atoms. The molecule has 0 atom stereocenters. The topological polar surface area (TPSA) is 38.2 Å². The average Bonchev–Trinajstić information content (AvgIpc) is 2.87. The predicted octanol–water partition coefficient (Wildman–Crippen LogP) is 8.83. The van der Waals surface area contributed by atoms with Crippen LogP contribution in [0.5, 0.6) is 11.6 Å². The first-order valence-corrected chi connectivity index (χ1v) is 12.5. The second-order valence-corrected chi connectivity index (χ2v) is 9.69. The maximum atomic E-state index is 14.0. The second-order valence-electron chi connectivity index (χ2n) is 8.41. The van der Waals surface area contributed by atoms with Gasteiger partial charge in [-0.25, -0.2) is 13.8 Å². The molecule has 0 N–H and O–H groups in total. The van der Waals surface area contributed by atoms with Crippen LogP contribution in [0.1, 0.15) is 19.3 Å². The first-order chi connectivity index (χ1) is 17.4. The molecule has 2 heterocycles. The second kappa shape index (κ2) is 10.6. The summed E-state index contributed by atoms with van der Waals surface area (Å²) in [4.78, 5) is 11.8. The van der Waals surface area contributed by atoms with Gasteiger partial charge < -0.3 is 9.64 Å². The summed E-state index contributed by atoms with van der Waals surface area (Å²) in [5, 5.41) is 1.44. The maximum Gasteiger partial charge on any atom is 0.232 e. The molecular formula is C27H20Cl3F2N3O. The number of hydrogen-bond acceptors (Lipinski definition) is 4. The number of ether oxygens (including phenoxy) is 1. The molecule has 0 radical (unpaired) electrons. The molecule has 1 aliphatic rings. The summed E-state index contributed by atoms with van der Waals surface area (Å²) in [6.45, 7) is 1.58. The number of halogens is 5. The molecule has 4 aromatic rings. The van der Waals surface area contributed by atoms with E-state index in [9.17, 15) is 8.78 Å². The summed E-state index contributed by atoms with van der Waals surface area (Å²) in [7, 11) is 0. The zero-order chi connectivity index (χ0) is 25.2. The number of nitrogens with zero attached hydrogens (tertiary/aromatic N) is 3. The molecule has 1 aromatic heterocycles. The highest BCUT2D eigenvalue weighted by molar-refractivity contribution is 6.36. The molecule has 0 unspecified atom stereocenters. The van der Waals surface area contributed by atoms with Crippen molar-refractivity contribution in [3.05, 3.63) is 87.4 Å². The minimum Gasteiger partial charge on any atom is -0.438 e. The summed E-state index contributed by atoms with van der Waals surface area (Å²) in [6.07, 6.45) is 3.16. The zero-order valence-corrected chi connectivity index (χ0v) is 21.2. The van der Waals surface area contributed by atoms with Crippen LogP contribution in [-0.4, -0.2) is 23.1 Å². The highest BCUT2D eigenvalue weighted by Crippen LogP contribution is 2.43. The van der Waals surface area contributed by atoms with Crippen molar-refractivity contribution >= 4 is 40.8 Å². The average molecular weight is 547 g/mol. The van der Waals surface area contributed by atoms with Crippen LogP contribution < -0.4 is 9.64 Å². The van der Waals surface area contributed by atoms with Crippen molar-refractivity contribution in [2.24, 2.45) is 0 Å². The van der Waals surface area contributed by atoms with Crippen molar-refractivity contribution in [2.45, 2.75) is 19.3 Å². The van der Waals surface area contributed by atoms with E-state index < -0.39 is 11.6 Å². The van der Waals surface area contributed by atoms with Crippen LogP contribution in [0.3, 0.4) is 0 Å². The minimum atomic E-state index is -1.02. The van der Waals surface area contributed by atoms with Gasteiger partial charge in [0.2, 0.25) is 11.8 Å². The summed E-state index contributed by atoms with van der Waals surface area (Å²) in [6, 6.07) is 15.6. The van der Waals surface area contributed by atoms with Crippen LogP contribution >= 0.6 is 34.8 Å². The Morgan fingerprint density at radius 2 is 1.47 bits per heavy atom. The van der Waals surface area contributed by atoms with E-state index in [4.69, 9.17) is 49.5 Å². The number of piperidine rings is 1. The fourth-order valence-electron chi connectivity index (χ4n) is 4.14. The van der Waals surface area contributed by atoms with Crippen molar-refractivity contribution in [2.75, 3.05) is 18.0 Å². The van der Waals surface area contributed by atoms with Gasteiger partial charge in [0.25, 0.3) is 0 Å². The van der Waals surface area contributed by atoms with Crippen molar-refractivity contribution in [3.63, 3.8) is 0 Å². The number of hydrogen-bond donors (Lipinski definition) is 0. The van der Waals surface area contributed by atoms with Crippen molar-refractivity contribution < 1.29 is 13.5 Å². The van der Waals surface area contributed by atoms with Gasteiger partial charge in [-0.1, -0.05) is 46.9 Å². The van der Waals surface area contributed by atoms with E-state index >= 15 is 0 Å². The summed E-state index contributed by atoms with van der Waals surface area (Å²) < 4.78 is 33.7. The molecule has 9 heteroatoms. The third-order valence-corrected chi connectivity index (χ3v) is 6.73. The lowest BCUT2D eigenvalue weighted by Crippen LogP contribution is -2.31. The van der Waals surface area contributed by atoms with E-state index in [0.29, 0.717) is 43.4 Å². The molecule has 1 saturated heterocycles. The van der Waals surface area contributed by atoms with Crippen LogP contribution in [0.4, 0.5) is 14.7 Å². The molecule has 184 valence electrons. The summed E-state index contributed by atoms with van der Waals surface area (Å²) in [5.74, 6) is -1.25. The molecule has 0 amide bonds. The molecule has 0 aliphatic carbocycles. The molecule has 0 saturated carbocycles. The smallest absolute Gasteiger partial charge is 0.232 e. The number of benzene rings is 3. The van der Waals surface area contributed by atoms with Gasteiger partial charge >= 0.3 is 0 Å². The van der Waals surface area contributed by atoms with Gasteiger partial charge in [-0.05, 0) is 67.3 Å². The zero-order valence-electron chi connectivity index (χ0n) is 18.9. The monoisotopic (exact) mass is 545 g/mol. The predicted molar refractivity (Wildman–Crippen MR) is 140 cm³/mol. The number of aromatic nitrogens is 2. The Labute approximate surface area is 222 Å². The largest absolute Gasteiger partial charge is 0.438 e. The molecular weight excluding hydrogens is 527 g/mol. The Kier molecular flexibility index (Phi) is 7.28. The molecule has 36 heavy (non-hydrogen) atoms. The summed E-state index contributed by atoms with van der Waals surface area (Å²) in [5.41, 5.74) is 2.39. The summed E-state index contributed by atoms with van der Waals surface area (Å²) >= 11 is 18.9. The maximum absolute atomic E-state index is 14.0. The quantitative estimate of drug-likeness (QED) is 0.251. The van der Waals surface area contributed by atoms with Crippen molar-refractivity contribution in [1.29, 1.82) is 0 Å². The Balaban J connectivity index is 1.76. The van der Waals surface area contributed by atoms with Crippen molar-refractivity contribution in [1.82, 2.24) is 9.97 Å². The van der Waals surface area contributed by atoms with Crippen LogP contribution in [0, 0.1) is 11.6 Å². The van der Waals surface area contributed by atoms with E-state index in [1.165, 1.54) is 6.07 Å². The van der Waals surface area contributed by atoms with Gasteiger partial charge in [0.1, 0.15) is 5.75 Å². The van der Waals surface area contributed by atoms with Gasteiger partial charge in [0.15, 0.2) is 11.6 Å². The minimum absolute atomic E-state index is 0.0977. The molecule has 5 rings (SSSR count). The SMILES string of the molecule is Fc1ccc(Oc2nc(N3CCCCC3)nc(-c3ccc(Cl)cc3Cl)c2-c2ccc(Cl)cc2)cc1F. The van der Waals surface area contributed by atoms with Crippen LogP contribution in [0.25, 0.3) is 22.4 Å². The molecule has 0 spiro atoms. The lowest BCUT2D eigenvalue weighted by molar-refractivity contribution is 0.447.